The maximum atomic E-state index is 13.3. The molecule has 2 amide bonds. The van der Waals surface area contributed by atoms with Crippen LogP contribution in [0.3, 0.4) is 0 Å². The summed E-state index contributed by atoms with van der Waals surface area (Å²) >= 11 is 12.3. The van der Waals surface area contributed by atoms with Crippen molar-refractivity contribution in [2.75, 3.05) is 5.32 Å². The Morgan fingerprint density at radius 1 is 1.06 bits per heavy atom. The molecule has 2 heterocycles. The van der Waals surface area contributed by atoms with E-state index in [1.807, 2.05) is 0 Å². The lowest BCUT2D eigenvalue weighted by Gasteiger charge is -2.26. The van der Waals surface area contributed by atoms with Gasteiger partial charge >= 0.3 is 6.18 Å². The number of nitrogens with zero attached hydrogens (tertiary/aromatic N) is 3. The van der Waals surface area contributed by atoms with Crippen LogP contribution in [-0.4, -0.2) is 32.6 Å². The molecule has 12 heteroatoms. The number of halogens is 5. The highest BCUT2D eigenvalue weighted by molar-refractivity contribution is 6.35. The zero-order valence-corrected chi connectivity index (χ0v) is 18.3. The van der Waals surface area contributed by atoms with Crippen LogP contribution in [0.5, 0.6) is 0 Å². The molecule has 1 aliphatic rings. The van der Waals surface area contributed by atoms with Gasteiger partial charge in [0.15, 0.2) is 11.5 Å². The lowest BCUT2D eigenvalue weighted by molar-refractivity contribution is -0.141. The molecule has 1 fully saturated rings. The van der Waals surface area contributed by atoms with Crippen molar-refractivity contribution in [3.63, 3.8) is 0 Å². The predicted octanol–water partition coefficient (Wildman–Crippen LogP) is 5.13. The van der Waals surface area contributed by atoms with E-state index in [9.17, 15) is 22.8 Å². The number of benzene rings is 1. The first-order chi connectivity index (χ1) is 15.6. The van der Waals surface area contributed by atoms with Crippen molar-refractivity contribution in [3.8, 4) is 5.82 Å². The van der Waals surface area contributed by atoms with Gasteiger partial charge in [-0.25, -0.2) is 9.67 Å². The van der Waals surface area contributed by atoms with Gasteiger partial charge in [-0.3, -0.25) is 9.59 Å². The molecule has 7 nitrogen and oxygen atoms in total. The van der Waals surface area contributed by atoms with Crippen LogP contribution in [0.4, 0.5) is 18.9 Å². The van der Waals surface area contributed by atoms with Gasteiger partial charge in [0, 0.05) is 18.3 Å². The van der Waals surface area contributed by atoms with Crippen LogP contribution in [0.1, 0.15) is 45.8 Å². The van der Waals surface area contributed by atoms with Crippen LogP contribution in [0.15, 0.2) is 42.6 Å². The van der Waals surface area contributed by atoms with Crippen LogP contribution < -0.4 is 10.6 Å². The summed E-state index contributed by atoms with van der Waals surface area (Å²) in [5, 5.41) is 8.80. The highest BCUT2D eigenvalue weighted by Crippen LogP contribution is 2.32. The number of alkyl halides is 3. The molecule has 0 saturated heterocycles. The zero-order valence-electron chi connectivity index (χ0n) is 16.8. The fraction of sp³-hybridized carbons (Fsp3) is 0.238. The van der Waals surface area contributed by atoms with E-state index in [1.165, 1.54) is 36.5 Å². The number of carbonyl (C=O) groups excluding carboxylic acids is 2. The molecule has 0 unspecified atom stereocenters. The predicted molar refractivity (Wildman–Crippen MR) is 116 cm³/mol. The van der Waals surface area contributed by atoms with E-state index in [0.717, 1.165) is 19.3 Å². The Balaban J connectivity index is 1.72. The topological polar surface area (TPSA) is 88.9 Å². The summed E-state index contributed by atoms with van der Waals surface area (Å²) < 4.78 is 40.7. The Kier molecular flexibility index (Phi) is 6.31. The number of anilines is 1. The number of carbonyl (C=O) groups is 2. The number of aromatic nitrogens is 3. The molecule has 0 spiro atoms. The quantitative estimate of drug-likeness (QED) is 0.511. The molecule has 0 atom stereocenters. The monoisotopic (exact) mass is 497 g/mol. The van der Waals surface area contributed by atoms with Crippen molar-refractivity contribution in [2.45, 2.75) is 31.5 Å². The third-order valence-corrected chi connectivity index (χ3v) is 5.72. The largest absolute Gasteiger partial charge is 0.435 e. The summed E-state index contributed by atoms with van der Waals surface area (Å²) in [5.74, 6) is -1.60. The van der Waals surface area contributed by atoms with Crippen LogP contribution in [0.25, 0.3) is 5.82 Å². The van der Waals surface area contributed by atoms with Crippen molar-refractivity contribution in [2.24, 2.45) is 0 Å². The standard InChI is InChI=1S/C21H16Cl2F3N5O2/c22-13-7-2-6-12(19(32)28-11-4-1-5-11)17(13)29-20(33)15-10-16(21(24,25)26)30-31(15)18-14(23)8-3-9-27-18/h2-3,6-11H,1,4-5H2,(H,28,32)(H,29,33). The first-order valence-corrected chi connectivity index (χ1v) is 10.6. The fourth-order valence-corrected chi connectivity index (χ4v) is 3.63. The molecule has 0 bridgehead atoms. The van der Waals surface area contributed by atoms with E-state index in [0.29, 0.717) is 10.7 Å². The number of hydrogen-bond donors (Lipinski definition) is 2. The van der Waals surface area contributed by atoms with Gasteiger partial charge in [-0.15, -0.1) is 0 Å². The number of amides is 2. The highest BCUT2D eigenvalue weighted by Gasteiger charge is 2.37. The van der Waals surface area contributed by atoms with E-state index in [2.05, 4.69) is 20.7 Å². The summed E-state index contributed by atoms with van der Waals surface area (Å²) in [6.07, 6.45) is -0.823. The molecule has 0 aliphatic heterocycles. The number of rotatable bonds is 5. The zero-order chi connectivity index (χ0) is 23.8. The van der Waals surface area contributed by atoms with Gasteiger partial charge in [0.25, 0.3) is 11.8 Å². The van der Waals surface area contributed by atoms with Gasteiger partial charge in [-0.1, -0.05) is 29.3 Å². The molecule has 4 rings (SSSR count). The summed E-state index contributed by atoms with van der Waals surface area (Å²) in [4.78, 5) is 29.7. The maximum absolute atomic E-state index is 13.3. The smallest absolute Gasteiger partial charge is 0.349 e. The van der Waals surface area contributed by atoms with Gasteiger partial charge < -0.3 is 10.6 Å². The summed E-state index contributed by atoms with van der Waals surface area (Å²) in [5.41, 5.74) is -1.75. The van der Waals surface area contributed by atoms with Gasteiger partial charge in [0.2, 0.25) is 0 Å². The highest BCUT2D eigenvalue weighted by atomic mass is 35.5. The van der Waals surface area contributed by atoms with E-state index < -0.39 is 29.4 Å². The van der Waals surface area contributed by atoms with Crippen molar-refractivity contribution >= 4 is 40.7 Å². The number of pyridine rings is 1. The molecule has 0 radical (unpaired) electrons. The van der Waals surface area contributed by atoms with E-state index >= 15 is 0 Å². The van der Waals surface area contributed by atoms with Crippen molar-refractivity contribution in [1.29, 1.82) is 0 Å². The third kappa shape index (κ3) is 4.81. The first-order valence-electron chi connectivity index (χ1n) is 9.84. The summed E-state index contributed by atoms with van der Waals surface area (Å²) in [6, 6.07) is 7.93. The second-order valence-electron chi connectivity index (χ2n) is 7.35. The molecule has 2 N–H and O–H groups in total. The minimum absolute atomic E-state index is 0.0123. The molecule has 3 aromatic rings. The van der Waals surface area contributed by atoms with Crippen molar-refractivity contribution in [3.05, 3.63) is 69.6 Å². The van der Waals surface area contributed by atoms with Crippen LogP contribution in [-0.2, 0) is 6.18 Å². The second-order valence-corrected chi connectivity index (χ2v) is 8.17. The molecule has 33 heavy (non-hydrogen) atoms. The Morgan fingerprint density at radius 3 is 2.42 bits per heavy atom. The molecular formula is C21H16Cl2F3N5O2. The van der Waals surface area contributed by atoms with Crippen LogP contribution in [0, 0.1) is 0 Å². The van der Waals surface area contributed by atoms with Gasteiger partial charge in [0.05, 0.1) is 21.3 Å². The van der Waals surface area contributed by atoms with Crippen molar-refractivity contribution < 1.29 is 22.8 Å². The van der Waals surface area contributed by atoms with Gasteiger partial charge in [-0.05, 0) is 43.5 Å². The first kappa shape index (κ1) is 23.1. The molecule has 1 aromatic carbocycles. The Hall–Kier alpha value is -3.11. The van der Waals surface area contributed by atoms with E-state index in [1.54, 1.807) is 0 Å². The average molecular weight is 498 g/mol. The second kappa shape index (κ2) is 9.03. The number of hydrogen-bond acceptors (Lipinski definition) is 4. The van der Waals surface area contributed by atoms with E-state index in [4.69, 9.17) is 23.2 Å². The van der Waals surface area contributed by atoms with Gasteiger partial charge in [0.1, 0.15) is 5.69 Å². The Morgan fingerprint density at radius 2 is 1.79 bits per heavy atom. The average Bonchev–Trinajstić information content (AvgIpc) is 3.18. The van der Waals surface area contributed by atoms with Crippen molar-refractivity contribution in [1.82, 2.24) is 20.1 Å². The normalized spacial score (nSPS) is 14.0. The minimum Gasteiger partial charge on any atom is -0.349 e. The third-order valence-electron chi connectivity index (χ3n) is 5.11. The molecule has 1 aliphatic carbocycles. The maximum Gasteiger partial charge on any atom is 0.435 e. The number of para-hydroxylation sites is 1. The summed E-state index contributed by atoms with van der Waals surface area (Å²) in [7, 11) is 0. The minimum atomic E-state index is -4.82. The Labute approximate surface area is 195 Å². The molecule has 172 valence electrons. The molecule has 2 aromatic heterocycles. The molecular weight excluding hydrogens is 482 g/mol. The van der Waals surface area contributed by atoms with Crippen LogP contribution >= 0.6 is 23.2 Å². The Bertz CT molecular complexity index is 1220. The lowest BCUT2D eigenvalue weighted by Crippen LogP contribution is -2.39. The molecule has 1 saturated carbocycles. The van der Waals surface area contributed by atoms with Crippen LogP contribution in [0.2, 0.25) is 10.0 Å². The van der Waals surface area contributed by atoms with E-state index in [-0.39, 0.29) is 33.2 Å². The lowest BCUT2D eigenvalue weighted by atomic mass is 9.93. The fourth-order valence-electron chi connectivity index (χ4n) is 3.21. The van der Waals surface area contributed by atoms with Gasteiger partial charge in [-0.2, -0.15) is 18.3 Å². The number of nitrogens with one attached hydrogen (secondary N) is 2. The summed E-state index contributed by atoms with van der Waals surface area (Å²) in [6.45, 7) is 0. The SMILES string of the molecule is O=C(NC1CCC1)c1cccc(Cl)c1NC(=O)c1cc(C(F)(F)F)nn1-c1ncccc1Cl.